The Balaban J connectivity index is 1.74. The number of nitrogens with two attached hydrogens (primary N) is 1. The molecule has 1 aliphatic carbocycles. The molecule has 5 atom stereocenters. The maximum absolute atomic E-state index is 13.5. The molecule has 0 bridgehead atoms. The Bertz CT molecular complexity index is 963. The van der Waals surface area contributed by atoms with Crippen LogP contribution in [0.5, 0.6) is 5.75 Å². The summed E-state index contributed by atoms with van der Waals surface area (Å²) in [5.41, 5.74) is 6.46. The summed E-state index contributed by atoms with van der Waals surface area (Å²) in [5.74, 6) is 1.65. The van der Waals surface area contributed by atoms with Gasteiger partial charge in [0.2, 0.25) is 5.91 Å². The number of amides is 1. The van der Waals surface area contributed by atoms with Crippen LogP contribution in [-0.2, 0) is 14.3 Å². The van der Waals surface area contributed by atoms with Crippen LogP contribution < -0.4 is 15.8 Å². The Labute approximate surface area is 216 Å². The number of nitrogens with one attached hydrogen (secondary N) is 1. The fourth-order valence-corrected chi connectivity index (χ4v) is 5.11. The van der Waals surface area contributed by atoms with Gasteiger partial charge in [0.15, 0.2) is 5.96 Å². The van der Waals surface area contributed by atoms with E-state index in [9.17, 15) is 9.59 Å². The van der Waals surface area contributed by atoms with Crippen LogP contribution in [0.1, 0.15) is 71.9 Å². The Morgan fingerprint density at radius 3 is 2.72 bits per heavy atom. The number of ether oxygens (including phenoxy) is 2. The second kappa shape index (κ2) is 11.2. The molecule has 0 spiro atoms. The molecule has 3 rings (SSSR count). The highest BCUT2D eigenvalue weighted by molar-refractivity contribution is 5.83. The molecule has 36 heavy (non-hydrogen) atoms. The first-order valence-corrected chi connectivity index (χ1v) is 13.0. The third-order valence-corrected chi connectivity index (χ3v) is 7.93. The highest BCUT2D eigenvalue weighted by Gasteiger charge is 2.50. The van der Waals surface area contributed by atoms with Crippen molar-refractivity contribution in [3.8, 4) is 5.75 Å². The second-order valence-corrected chi connectivity index (χ2v) is 11.5. The molecule has 0 aromatic heterocycles. The molecule has 0 saturated heterocycles. The van der Waals surface area contributed by atoms with Crippen molar-refractivity contribution in [1.29, 1.82) is 0 Å². The van der Waals surface area contributed by atoms with E-state index in [4.69, 9.17) is 15.2 Å². The summed E-state index contributed by atoms with van der Waals surface area (Å²) in [6.45, 7) is 10.8. The van der Waals surface area contributed by atoms with Crippen LogP contribution in [0.25, 0.3) is 0 Å². The van der Waals surface area contributed by atoms with E-state index in [1.165, 1.54) is 0 Å². The minimum atomic E-state index is -0.578. The number of fused-ring (bicyclic) bond motifs is 1. The van der Waals surface area contributed by atoms with E-state index < -0.39 is 5.54 Å². The number of carbonyl (C=O) groups excluding carboxylic acids is 2. The van der Waals surface area contributed by atoms with Gasteiger partial charge in [0.05, 0.1) is 11.6 Å². The molecule has 2 aliphatic rings. The maximum Gasteiger partial charge on any atom is 0.223 e. The molecule has 1 amide bonds. The van der Waals surface area contributed by atoms with Crippen molar-refractivity contribution < 1.29 is 19.1 Å². The zero-order chi connectivity index (χ0) is 26.7. The second-order valence-electron chi connectivity index (χ2n) is 11.5. The Hall–Kier alpha value is -2.61. The van der Waals surface area contributed by atoms with Crippen molar-refractivity contribution in [1.82, 2.24) is 10.2 Å². The minimum absolute atomic E-state index is 0.0133. The standard InChI is InChI=1S/C28H44N4O4/c1-18(2)28(5)17-22(19-10-8-9-11-24(19)36-28)30-25(34)21-16-20(21)23(12-15-35-7)32(6)26(29)31-27(3,4)13-14-33/h8-11,14,18,20-23H,12-13,15-17H2,1-7H3,(H2,29,31)(H,30,34). The number of rotatable bonds is 11. The fourth-order valence-electron chi connectivity index (χ4n) is 5.11. The van der Waals surface area contributed by atoms with E-state index in [1.807, 2.05) is 50.1 Å². The number of nitrogens with zero attached hydrogens (tertiary/aromatic N) is 2. The Morgan fingerprint density at radius 1 is 1.39 bits per heavy atom. The van der Waals surface area contributed by atoms with Gasteiger partial charge in [-0.1, -0.05) is 32.0 Å². The zero-order valence-electron chi connectivity index (χ0n) is 22.9. The molecule has 1 saturated carbocycles. The Kier molecular flexibility index (Phi) is 8.70. The predicted molar refractivity (Wildman–Crippen MR) is 142 cm³/mol. The predicted octanol–water partition coefficient (Wildman–Crippen LogP) is 3.70. The van der Waals surface area contributed by atoms with Crippen LogP contribution in [0.2, 0.25) is 0 Å². The monoisotopic (exact) mass is 500 g/mol. The number of para-hydroxylation sites is 1. The quantitative estimate of drug-likeness (QED) is 0.273. The lowest BCUT2D eigenvalue weighted by atomic mass is 9.81. The van der Waals surface area contributed by atoms with E-state index in [2.05, 4.69) is 31.1 Å². The number of benzene rings is 1. The molecule has 1 heterocycles. The summed E-state index contributed by atoms with van der Waals surface area (Å²) in [6, 6.07) is 7.90. The molecule has 1 aromatic carbocycles. The van der Waals surface area contributed by atoms with Crippen molar-refractivity contribution in [3.63, 3.8) is 0 Å². The van der Waals surface area contributed by atoms with Crippen molar-refractivity contribution in [3.05, 3.63) is 29.8 Å². The molecule has 0 radical (unpaired) electrons. The lowest BCUT2D eigenvalue weighted by Gasteiger charge is -2.42. The lowest BCUT2D eigenvalue weighted by molar-refractivity contribution is -0.124. The van der Waals surface area contributed by atoms with Crippen molar-refractivity contribution >= 4 is 18.2 Å². The molecule has 1 aliphatic heterocycles. The van der Waals surface area contributed by atoms with Gasteiger partial charge in [0.25, 0.3) is 0 Å². The third kappa shape index (κ3) is 6.38. The number of hydrogen-bond acceptors (Lipinski definition) is 5. The smallest absolute Gasteiger partial charge is 0.223 e. The summed E-state index contributed by atoms with van der Waals surface area (Å²) in [5, 5.41) is 3.34. The molecular weight excluding hydrogens is 456 g/mol. The van der Waals surface area contributed by atoms with Gasteiger partial charge in [-0.25, -0.2) is 4.99 Å². The number of aldehydes is 1. The first-order chi connectivity index (χ1) is 16.9. The molecular formula is C28H44N4O4. The van der Waals surface area contributed by atoms with E-state index in [-0.39, 0.29) is 35.4 Å². The topological polar surface area (TPSA) is 106 Å². The van der Waals surface area contributed by atoms with Gasteiger partial charge in [0, 0.05) is 51.1 Å². The maximum atomic E-state index is 13.5. The molecule has 1 fully saturated rings. The normalized spacial score (nSPS) is 26.6. The number of carbonyl (C=O) groups is 2. The van der Waals surface area contributed by atoms with Crippen molar-refractivity contribution in [2.75, 3.05) is 20.8 Å². The van der Waals surface area contributed by atoms with Gasteiger partial charge in [-0.3, -0.25) is 4.79 Å². The first kappa shape index (κ1) is 28.0. The van der Waals surface area contributed by atoms with Crippen molar-refractivity contribution in [2.24, 2.45) is 28.5 Å². The van der Waals surface area contributed by atoms with Gasteiger partial charge in [-0.15, -0.1) is 0 Å². The molecule has 8 nitrogen and oxygen atoms in total. The summed E-state index contributed by atoms with van der Waals surface area (Å²) < 4.78 is 11.7. The van der Waals surface area contributed by atoms with E-state index in [1.54, 1.807) is 7.11 Å². The molecule has 8 heteroatoms. The van der Waals surface area contributed by atoms with Crippen LogP contribution in [-0.4, -0.2) is 61.0 Å². The molecule has 200 valence electrons. The van der Waals surface area contributed by atoms with Crippen LogP contribution in [0.3, 0.4) is 0 Å². The summed E-state index contributed by atoms with van der Waals surface area (Å²) in [7, 11) is 3.58. The van der Waals surface area contributed by atoms with Gasteiger partial charge < -0.3 is 30.2 Å². The molecule has 3 N–H and O–H groups in total. The fraction of sp³-hybridized carbons (Fsp3) is 0.679. The van der Waals surface area contributed by atoms with E-state index in [0.29, 0.717) is 24.9 Å². The highest BCUT2D eigenvalue weighted by atomic mass is 16.5. The van der Waals surface area contributed by atoms with Crippen LogP contribution in [0.4, 0.5) is 0 Å². The largest absolute Gasteiger partial charge is 0.487 e. The van der Waals surface area contributed by atoms with Crippen LogP contribution in [0, 0.1) is 17.8 Å². The summed E-state index contributed by atoms with van der Waals surface area (Å²) in [6.07, 6.45) is 3.40. The van der Waals surface area contributed by atoms with E-state index in [0.717, 1.165) is 36.9 Å². The Morgan fingerprint density at radius 2 is 2.08 bits per heavy atom. The van der Waals surface area contributed by atoms with Gasteiger partial charge >= 0.3 is 0 Å². The first-order valence-electron chi connectivity index (χ1n) is 13.0. The number of guanidine groups is 1. The number of hydrogen-bond donors (Lipinski definition) is 2. The average Bonchev–Trinajstić information content (AvgIpc) is 3.59. The molecule has 5 unspecified atom stereocenters. The average molecular weight is 501 g/mol. The summed E-state index contributed by atoms with van der Waals surface area (Å²) in [4.78, 5) is 31.0. The summed E-state index contributed by atoms with van der Waals surface area (Å²) >= 11 is 0. The SMILES string of the molecule is COCCC(C1CC1C(=O)NC1CC(C)(C(C)C)Oc2ccccc21)N(C)C(N)=NC(C)(C)CC=O. The number of methoxy groups -OCH3 is 1. The third-order valence-electron chi connectivity index (χ3n) is 7.93. The van der Waals surface area contributed by atoms with Gasteiger partial charge in [-0.05, 0) is 51.5 Å². The van der Waals surface area contributed by atoms with Crippen LogP contribution >= 0.6 is 0 Å². The number of aliphatic imine (C=N–C) groups is 1. The molecule has 1 aromatic rings. The van der Waals surface area contributed by atoms with Gasteiger partial charge in [0.1, 0.15) is 17.6 Å². The van der Waals surface area contributed by atoms with Crippen LogP contribution in [0.15, 0.2) is 29.3 Å². The van der Waals surface area contributed by atoms with Crippen molar-refractivity contribution in [2.45, 2.75) is 83.5 Å². The van der Waals surface area contributed by atoms with E-state index >= 15 is 0 Å². The zero-order valence-corrected chi connectivity index (χ0v) is 22.9. The van der Waals surface area contributed by atoms with Gasteiger partial charge in [-0.2, -0.15) is 0 Å². The lowest BCUT2D eigenvalue weighted by Crippen LogP contribution is -2.47. The minimum Gasteiger partial charge on any atom is -0.487 e. The highest BCUT2D eigenvalue weighted by Crippen LogP contribution is 2.46.